The van der Waals surface area contributed by atoms with E-state index in [9.17, 15) is 9.90 Å². The van der Waals surface area contributed by atoms with Gasteiger partial charge in [0.1, 0.15) is 11.3 Å². The van der Waals surface area contributed by atoms with Crippen LogP contribution in [0.15, 0.2) is 39.7 Å². The summed E-state index contributed by atoms with van der Waals surface area (Å²) in [5.74, 6) is 0.367. The minimum Gasteiger partial charge on any atom is -0.508 e. The second-order valence-electron chi connectivity index (χ2n) is 12.1. The first-order chi connectivity index (χ1) is 19.2. The third-order valence-electron chi connectivity index (χ3n) is 9.47. The smallest absolute Gasteiger partial charge is 0.336 e. The van der Waals surface area contributed by atoms with Gasteiger partial charge in [0.2, 0.25) is 5.79 Å². The van der Waals surface area contributed by atoms with Gasteiger partial charge in [-0.05, 0) is 55.7 Å². The van der Waals surface area contributed by atoms with Crippen LogP contribution in [-0.4, -0.2) is 50.7 Å². The summed E-state index contributed by atoms with van der Waals surface area (Å²) in [4.78, 5) is 24.1. The van der Waals surface area contributed by atoms with E-state index in [0.717, 1.165) is 42.3 Å². The number of rotatable bonds is 6. The predicted octanol–water partition coefficient (Wildman–Crippen LogP) is 3.91. The Morgan fingerprint density at radius 3 is 2.90 bits per heavy atom. The molecule has 11 nitrogen and oxygen atoms in total. The van der Waals surface area contributed by atoms with Crippen molar-refractivity contribution in [1.82, 2.24) is 15.0 Å². The van der Waals surface area contributed by atoms with Crippen molar-refractivity contribution in [3.8, 4) is 5.75 Å². The molecule has 2 bridgehead atoms. The van der Waals surface area contributed by atoms with Crippen LogP contribution in [0.1, 0.15) is 57.7 Å². The van der Waals surface area contributed by atoms with Crippen molar-refractivity contribution in [1.29, 1.82) is 0 Å². The summed E-state index contributed by atoms with van der Waals surface area (Å²) in [5.41, 5.74) is 0.740. The molecule has 8 rings (SSSR count). The lowest BCUT2D eigenvalue weighted by Gasteiger charge is -2.60. The van der Waals surface area contributed by atoms with E-state index >= 15 is 0 Å². The summed E-state index contributed by atoms with van der Waals surface area (Å²) in [6.45, 7) is 7.15. The third-order valence-corrected chi connectivity index (χ3v) is 9.47. The molecule has 1 spiro atoms. The Hall–Kier alpha value is -2.83. The van der Waals surface area contributed by atoms with E-state index in [2.05, 4.69) is 24.2 Å². The molecule has 0 radical (unpaired) electrons. The molecule has 4 aliphatic heterocycles. The number of ether oxygens (including phenoxy) is 3. The van der Waals surface area contributed by atoms with Crippen LogP contribution in [0, 0.1) is 23.7 Å². The second kappa shape index (κ2) is 9.63. The van der Waals surface area contributed by atoms with E-state index in [0.29, 0.717) is 37.0 Å². The van der Waals surface area contributed by atoms with Gasteiger partial charge >= 0.3 is 5.63 Å². The second-order valence-corrected chi connectivity index (χ2v) is 12.1. The van der Waals surface area contributed by atoms with Crippen molar-refractivity contribution < 1.29 is 33.5 Å². The summed E-state index contributed by atoms with van der Waals surface area (Å²) in [6.07, 6.45) is 5.36. The van der Waals surface area contributed by atoms with Gasteiger partial charge in [-0.3, -0.25) is 0 Å². The fourth-order valence-electron chi connectivity index (χ4n) is 7.40. The topological polar surface area (TPSA) is 127 Å². The van der Waals surface area contributed by atoms with Gasteiger partial charge in [-0.1, -0.05) is 19.1 Å². The van der Waals surface area contributed by atoms with Gasteiger partial charge in [-0.25, -0.2) is 19.3 Å². The Labute approximate surface area is 231 Å². The van der Waals surface area contributed by atoms with Gasteiger partial charge in [0.15, 0.2) is 18.2 Å². The van der Waals surface area contributed by atoms with Crippen molar-refractivity contribution in [3.05, 3.63) is 52.1 Å². The molecular formula is C29H35N3O8. The van der Waals surface area contributed by atoms with E-state index in [1.165, 1.54) is 12.1 Å². The highest BCUT2D eigenvalue weighted by Gasteiger charge is 2.69. The Balaban J connectivity index is 1.02. The van der Waals surface area contributed by atoms with Crippen LogP contribution < -0.4 is 5.63 Å². The van der Waals surface area contributed by atoms with Crippen LogP contribution in [0.5, 0.6) is 5.75 Å². The number of phenolic OH excluding ortho intramolecular Hbond substituents is 1. The maximum absolute atomic E-state index is 12.0. The SMILES string of the molecule is C[C@H]1[C@@H](OCCc2cn(Cc3cc(=O)oc4cc(O)ccc34)nn2)O[C@@H]2O[C@@]3(C)CC[C@H]4[C@H](C)CC[C@@H]1[C@@]24OO3. The fraction of sp³-hybridized carbons (Fsp3) is 0.621. The largest absolute Gasteiger partial charge is 0.508 e. The molecule has 2 aromatic heterocycles. The number of fused-ring (bicyclic) bond motifs is 3. The zero-order chi connectivity index (χ0) is 27.6. The lowest BCUT2D eigenvalue weighted by molar-refractivity contribution is -0.577. The van der Waals surface area contributed by atoms with Crippen LogP contribution in [0.4, 0.5) is 0 Å². The number of hydrogen-bond donors (Lipinski definition) is 1. The van der Waals surface area contributed by atoms with Crippen molar-refractivity contribution in [3.63, 3.8) is 0 Å². The zero-order valence-electron chi connectivity index (χ0n) is 22.9. The van der Waals surface area contributed by atoms with Gasteiger partial charge in [-0.15, -0.1) is 5.10 Å². The third kappa shape index (κ3) is 4.26. The summed E-state index contributed by atoms with van der Waals surface area (Å²) in [6, 6.07) is 6.15. The van der Waals surface area contributed by atoms with Crippen LogP contribution >= 0.6 is 0 Å². The molecule has 6 heterocycles. The molecule has 5 aliphatic rings. The van der Waals surface area contributed by atoms with Crippen molar-refractivity contribution in [2.75, 3.05) is 6.61 Å². The first kappa shape index (κ1) is 26.1. The molecule has 1 aliphatic carbocycles. The minimum absolute atomic E-state index is 0.0355. The van der Waals surface area contributed by atoms with E-state index < -0.39 is 29.6 Å². The average Bonchev–Trinajstić information content (AvgIpc) is 3.23. The van der Waals surface area contributed by atoms with Crippen molar-refractivity contribution in [2.24, 2.45) is 23.7 Å². The van der Waals surface area contributed by atoms with Gasteiger partial charge < -0.3 is 23.7 Å². The highest BCUT2D eigenvalue weighted by atomic mass is 17.3. The molecule has 5 fully saturated rings. The van der Waals surface area contributed by atoms with Gasteiger partial charge in [-0.2, -0.15) is 0 Å². The highest BCUT2D eigenvalue weighted by Crippen LogP contribution is 2.60. The van der Waals surface area contributed by atoms with Crippen molar-refractivity contribution >= 4 is 11.0 Å². The average molecular weight is 554 g/mol. The van der Waals surface area contributed by atoms with Gasteiger partial charge in [0.25, 0.3) is 0 Å². The molecule has 0 amide bonds. The molecule has 1 aromatic carbocycles. The zero-order valence-corrected chi connectivity index (χ0v) is 22.9. The first-order valence-electron chi connectivity index (χ1n) is 14.2. The number of benzene rings is 1. The van der Waals surface area contributed by atoms with E-state index in [1.54, 1.807) is 16.8 Å². The number of hydrogen-bond acceptors (Lipinski definition) is 10. The molecule has 1 saturated carbocycles. The van der Waals surface area contributed by atoms with Crippen molar-refractivity contribution in [2.45, 2.75) is 83.4 Å². The molecular weight excluding hydrogens is 518 g/mol. The fourth-order valence-corrected chi connectivity index (χ4v) is 7.40. The van der Waals surface area contributed by atoms with Crippen LogP contribution in [-0.2, 0) is 37.0 Å². The quantitative estimate of drug-likeness (QED) is 0.355. The summed E-state index contributed by atoms with van der Waals surface area (Å²) < 4.78 is 26.1. The molecule has 11 heteroatoms. The van der Waals surface area contributed by atoms with Gasteiger partial charge in [0.05, 0.1) is 18.8 Å². The van der Waals surface area contributed by atoms with Gasteiger partial charge in [0, 0.05) is 48.4 Å². The Morgan fingerprint density at radius 2 is 2.02 bits per heavy atom. The molecule has 40 heavy (non-hydrogen) atoms. The van der Waals surface area contributed by atoms with E-state index in [-0.39, 0.29) is 17.6 Å². The standard InChI is InChI=1S/C29H35N3O8/c1-16-4-7-23-17(2)26(37-27-29(23)22(16)8-10-28(3,38-27)39-40-29)35-11-9-19-15-32(31-30-19)14-18-12-25(34)36-24-13-20(33)5-6-21(18)24/h5-6,12-13,15-17,22-23,26-27,33H,4,7-11,14H2,1-3H3/t16-,17-,22+,23+,26+,27-,28-,29-/m1/s1. The summed E-state index contributed by atoms with van der Waals surface area (Å²) in [5, 5.41) is 19.0. The Bertz CT molecular complexity index is 1470. The normalized spacial score (nSPS) is 36.9. The predicted molar refractivity (Wildman–Crippen MR) is 140 cm³/mol. The Kier molecular flexibility index (Phi) is 6.28. The van der Waals surface area contributed by atoms with E-state index in [4.69, 9.17) is 28.4 Å². The lowest BCUT2D eigenvalue weighted by atomic mass is 9.58. The van der Waals surface area contributed by atoms with Crippen LogP contribution in [0.3, 0.4) is 0 Å². The number of nitrogens with zero attached hydrogens (tertiary/aromatic N) is 3. The molecule has 1 N–H and O–H groups in total. The van der Waals surface area contributed by atoms with Crippen LogP contribution in [0.25, 0.3) is 11.0 Å². The highest BCUT2D eigenvalue weighted by molar-refractivity contribution is 5.81. The molecule has 4 saturated heterocycles. The maximum atomic E-state index is 12.0. The summed E-state index contributed by atoms with van der Waals surface area (Å²) in [7, 11) is 0. The maximum Gasteiger partial charge on any atom is 0.336 e. The number of aromatic nitrogens is 3. The number of aromatic hydroxyl groups is 1. The molecule has 0 unspecified atom stereocenters. The first-order valence-corrected chi connectivity index (χ1v) is 14.2. The van der Waals surface area contributed by atoms with Crippen LogP contribution in [0.2, 0.25) is 0 Å². The molecule has 3 aromatic rings. The molecule has 214 valence electrons. The van der Waals surface area contributed by atoms with E-state index in [1.807, 2.05) is 13.1 Å². The number of phenols is 1. The Morgan fingerprint density at radius 1 is 1.15 bits per heavy atom. The monoisotopic (exact) mass is 553 g/mol. The molecule has 8 atom stereocenters. The summed E-state index contributed by atoms with van der Waals surface area (Å²) >= 11 is 0. The minimum atomic E-state index is -0.813. The lowest BCUT2D eigenvalue weighted by Crippen LogP contribution is -2.70.